The van der Waals surface area contributed by atoms with E-state index in [9.17, 15) is 0 Å². The van der Waals surface area contributed by atoms with Gasteiger partial charge in [0.15, 0.2) is 5.82 Å². The number of piperidine rings is 1. The number of benzene rings is 1. The normalized spacial score (nSPS) is 21.8. The Bertz CT molecular complexity index is 707. The van der Waals surface area contributed by atoms with E-state index in [2.05, 4.69) is 40.2 Å². The number of aromatic amines is 1. The fraction of sp³-hybridized carbons (Fsp3) is 0.579. The Morgan fingerprint density at radius 1 is 1.25 bits per heavy atom. The lowest BCUT2D eigenvalue weighted by Crippen LogP contribution is -2.34. The fourth-order valence-electron chi connectivity index (χ4n) is 3.64. The molecular formula is C19H26N4O. The average Bonchev–Trinajstić information content (AvgIpc) is 3.34. The summed E-state index contributed by atoms with van der Waals surface area (Å²) in [7, 11) is 1.74. The highest BCUT2D eigenvalue weighted by molar-refractivity contribution is 5.36. The molecule has 1 aliphatic carbocycles. The van der Waals surface area contributed by atoms with Crippen LogP contribution in [0.4, 0.5) is 0 Å². The quantitative estimate of drug-likeness (QED) is 0.915. The van der Waals surface area contributed by atoms with Crippen LogP contribution >= 0.6 is 0 Å². The summed E-state index contributed by atoms with van der Waals surface area (Å²) in [4.78, 5) is 7.28. The summed E-state index contributed by atoms with van der Waals surface area (Å²) in [6.07, 6.45) is 4.93. The lowest BCUT2D eigenvalue weighted by molar-refractivity contribution is 0.196. The Morgan fingerprint density at radius 3 is 2.92 bits per heavy atom. The zero-order valence-corrected chi connectivity index (χ0v) is 14.6. The molecule has 2 fully saturated rings. The number of H-pyrrole nitrogens is 1. The molecule has 1 unspecified atom stereocenters. The number of rotatable bonds is 5. The predicted octanol–water partition coefficient (Wildman–Crippen LogP) is 3.38. The largest absolute Gasteiger partial charge is 0.496 e. The Kier molecular flexibility index (Phi) is 4.27. The van der Waals surface area contributed by atoms with Gasteiger partial charge in [-0.05, 0) is 56.3 Å². The van der Waals surface area contributed by atoms with Crippen LogP contribution in [-0.4, -0.2) is 40.3 Å². The van der Waals surface area contributed by atoms with Gasteiger partial charge in [0.25, 0.3) is 0 Å². The van der Waals surface area contributed by atoms with Gasteiger partial charge in [-0.2, -0.15) is 5.10 Å². The molecule has 5 heteroatoms. The van der Waals surface area contributed by atoms with Crippen molar-refractivity contribution in [3.8, 4) is 5.75 Å². The minimum absolute atomic E-state index is 0.454. The maximum atomic E-state index is 5.45. The highest BCUT2D eigenvalue weighted by Crippen LogP contribution is 2.38. The van der Waals surface area contributed by atoms with E-state index < -0.39 is 0 Å². The van der Waals surface area contributed by atoms with Gasteiger partial charge in [0.1, 0.15) is 11.6 Å². The Hall–Kier alpha value is -1.88. The van der Waals surface area contributed by atoms with Crippen molar-refractivity contribution in [3.63, 3.8) is 0 Å². The van der Waals surface area contributed by atoms with Crippen LogP contribution in [0, 0.1) is 6.92 Å². The van der Waals surface area contributed by atoms with Gasteiger partial charge in [-0.3, -0.25) is 10.00 Å². The summed E-state index contributed by atoms with van der Waals surface area (Å²) in [6, 6.07) is 6.52. The standard InChI is InChI=1S/C19H26N4O/c1-13-5-6-14(10-17(13)24-2)11-23-9-3-4-16(12-23)19-20-18(21-22-19)15-7-8-15/h5-6,10,15-16H,3-4,7-9,11-12H2,1-2H3,(H,20,21,22). The van der Waals surface area contributed by atoms with Crippen molar-refractivity contribution in [2.45, 2.75) is 51.0 Å². The van der Waals surface area contributed by atoms with E-state index in [-0.39, 0.29) is 0 Å². The molecular weight excluding hydrogens is 300 g/mol. The fourth-order valence-corrected chi connectivity index (χ4v) is 3.64. The van der Waals surface area contributed by atoms with Crippen LogP contribution in [0.15, 0.2) is 18.2 Å². The van der Waals surface area contributed by atoms with Crippen LogP contribution in [0.3, 0.4) is 0 Å². The first-order valence-corrected chi connectivity index (χ1v) is 9.01. The third kappa shape index (κ3) is 3.31. The van der Waals surface area contributed by atoms with E-state index in [1.54, 1.807) is 7.11 Å². The van der Waals surface area contributed by atoms with Gasteiger partial charge in [-0.25, -0.2) is 4.98 Å². The molecule has 0 bridgehead atoms. The zero-order chi connectivity index (χ0) is 16.5. The minimum atomic E-state index is 0.454. The molecule has 1 aromatic heterocycles. The average molecular weight is 326 g/mol. The molecule has 1 aliphatic heterocycles. The van der Waals surface area contributed by atoms with E-state index in [0.717, 1.165) is 37.0 Å². The van der Waals surface area contributed by atoms with Gasteiger partial charge in [-0.15, -0.1) is 0 Å². The van der Waals surface area contributed by atoms with Crippen molar-refractivity contribution < 1.29 is 4.74 Å². The highest BCUT2D eigenvalue weighted by Gasteiger charge is 2.30. The molecule has 1 N–H and O–H groups in total. The number of nitrogens with one attached hydrogen (secondary N) is 1. The zero-order valence-electron chi connectivity index (χ0n) is 14.6. The van der Waals surface area contributed by atoms with Gasteiger partial charge < -0.3 is 4.74 Å². The van der Waals surface area contributed by atoms with Gasteiger partial charge in [0, 0.05) is 24.9 Å². The van der Waals surface area contributed by atoms with Crippen molar-refractivity contribution in [1.82, 2.24) is 20.1 Å². The molecule has 1 aromatic carbocycles. The first-order chi connectivity index (χ1) is 11.7. The van der Waals surface area contributed by atoms with Crippen molar-refractivity contribution in [1.29, 1.82) is 0 Å². The second kappa shape index (κ2) is 6.55. The number of nitrogens with zero attached hydrogens (tertiary/aromatic N) is 3. The number of hydrogen-bond acceptors (Lipinski definition) is 4. The molecule has 5 nitrogen and oxygen atoms in total. The molecule has 2 heterocycles. The van der Waals surface area contributed by atoms with Crippen LogP contribution in [0.2, 0.25) is 0 Å². The summed E-state index contributed by atoms with van der Waals surface area (Å²) in [5.74, 6) is 4.19. The Labute approximate surface area is 143 Å². The van der Waals surface area contributed by atoms with Gasteiger partial charge >= 0.3 is 0 Å². The van der Waals surface area contributed by atoms with E-state index in [4.69, 9.17) is 9.72 Å². The highest BCUT2D eigenvalue weighted by atomic mass is 16.5. The summed E-state index contributed by atoms with van der Waals surface area (Å²) < 4.78 is 5.45. The molecule has 0 spiro atoms. The Balaban J connectivity index is 1.42. The molecule has 1 saturated heterocycles. The molecule has 4 rings (SSSR count). The third-order valence-electron chi connectivity index (χ3n) is 5.23. The van der Waals surface area contributed by atoms with Gasteiger partial charge in [-0.1, -0.05) is 12.1 Å². The molecule has 0 amide bonds. The van der Waals surface area contributed by atoms with Crippen LogP contribution in [0.1, 0.15) is 60.3 Å². The van der Waals surface area contributed by atoms with Crippen LogP contribution in [-0.2, 0) is 6.54 Å². The van der Waals surface area contributed by atoms with Crippen molar-refractivity contribution in [2.75, 3.05) is 20.2 Å². The Morgan fingerprint density at radius 2 is 2.12 bits per heavy atom. The summed E-state index contributed by atoms with van der Waals surface area (Å²) in [5.41, 5.74) is 2.50. The molecule has 24 heavy (non-hydrogen) atoms. The minimum Gasteiger partial charge on any atom is -0.496 e. The van der Waals surface area contributed by atoms with E-state index in [1.807, 2.05) is 0 Å². The number of aromatic nitrogens is 3. The number of ether oxygens (including phenoxy) is 1. The predicted molar refractivity (Wildman–Crippen MR) is 93.3 cm³/mol. The van der Waals surface area contributed by atoms with Crippen LogP contribution < -0.4 is 4.74 Å². The number of hydrogen-bond donors (Lipinski definition) is 1. The molecule has 2 aliphatic rings. The van der Waals surface area contributed by atoms with Crippen LogP contribution in [0.25, 0.3) is 0 Å². The van der Waals surface area contributed by atoms with Crippen molar-refractivity contribution in [2.24, 2.45) is 0 Å². The summed E-state index contributed by atoms with van der Waals surface area (Å²) >= 11 is 0. The van der Waals surface area contributed by atoms with Crippen molar-refractivity contribution in [3.05, 3.63) is 41.0 Å². The SMILES string of the molecule is COc1cc(CN2CCCC(c3n[nH]c(C4CC4)n3)C2)ccc1C. The van der Waals surface area contributed by atoms with Crippen molar-refractivity contribution >= 4 is 0 Å². The summed E-state index contributed by atoms with van der Waals surface area (Å²) in [5, 5.41) is 7.65. The monoisotopic (exact) mass is 326 g/mol. The first-order valence-electron chi connectivity index (χ1n) is 9.01. The lowest BCUT2D eigenvalue weighted by Gasteiger charge is -2.31. The first kappa shape index (κ1) is 15.6. The molecule has 1 atom stereocenters. The number of aryl methyl sites for hydroxylation is 1. The topological polar surface area (TPSA) is 54.0 Å². The lowest BCUT2D eigenvalue weighted by atomic mass is 9.97. The molecule has 128 valence electrons. The summed E-state index contributed by atoms with van der Waals surface area (Å²) in [6.45, 7) is 5.23. The second-order valence-corrected chi connectivity index (χ2v) is 7.23. The molecule has 1 saturated carbocycles. The van der Waals surface area contributed by atoms with Gasteiger partial charge in [0.2, 0.25) is 0 Å². The van der Waals surface area contributed by atoms with Crippen LogP contribution in [0.5, 0.6) is 5.75 Å². The maximum Gasteiger partial charge on any atom is 0.155 e. The number of likely N-dealkylation sites (tertiary alicyclic amines) is 1. The van der Waals surface area contributed by atoms with E-state index in [0.29, 0.717) is 11.8 Å². The van der Waals surface area contributed by atoms with Gasteiger partial charge in [0.05, 0.1) is 7.11 Å². The maximum absolute atomic E-state index is 5.45. The van der Waals surface area contributed by atoms with E-state index in [1.165, 1.54) is 36.8 Å². The third-order valence-corrected chi connectivity index (χ3v) is 5.23. The van der Waals surface area contributed by atoms with E-state index >= 15 is 0 Å². The smallest absolute Gasteiger partial charge is 0.155 e. The number of methoxy groups -OCH3 is 1. The molecule has 0 radical (unpaired) electrons. The molecule has 2 aromatic rings. The second-order valence-electron chi connectivity index (χ2n) is 7.23.